The van der Waals surface area contributed by atoms with Gasteiger partial charge in [-0.25, -0.2) is 14.2 Å². The molecule has 2 atom stereocenters. The second kappa shape index (κ2) is 11.0. The highest BCUT2D eigenvalue weighted by molar-refractivity contribution is 6.30. The lowest BCUT2D eigenvalue weighted by Crippen LogP contribution is -2.34. The van der Waals surface area contributed by atoms with Gasteiger partial charge in [0.2, 0.25) is 0 Å². The second-order valence-electron chi connectivity index (χ2n) is 11.2. The number of esters is 1. The first-order valence-corrected chi connectivity index (χ1v) is 14.8. The van der Waals surface area contributed by atoms with Gasteiger partial charge in [-0.1, -0.05) is 29.8 Å². The van der Waals surface area contributed by atoms with Gasteiger partial charge in [0.1, 0.15) is 11.6 Å². The molecule has 1 saturated heterocycles. The molecule has 0 aliphatic carbocycles. The van der Waals surface area contributed by atoms with Crippen molar-refractivity contribution < 1.29 is 28.1 Å². The van der Waals surface area contributed by atoms with Crippen LogP contribution < -0.4 is 9.47 Å². The smallest absolute Gasteiger partial charge is 0.337 e. The quantitative estimate of drug-likeness (QED) is 0.228. The van der Waals surface area contributed by atoms with Gasteiger partial charge in [0.05, 0.1) is 48.5 Å². The zero-order valence-electron chi connectivity index (χ0n) is 23.9. The van der Waals surface area contributed by atoms with Gasteiger partial charge in [-0.2, -0.15) is 0 Å². The van der Waals surface area contributed by atoms with E-state index in [0.29, 0.717) is 35.2 Å². The molecule has 0 bridgehead atoms. The molecular formula is C33H31ClFN3O5. The fraction of sp³-hybridized carbons (Fsp3) is 0.333. The van der Waals surface area contributed by atoms with Crippen molar-refractivity contribution >= 4 is 34.2 Å². The van der Waals surface area contributed by atoms with Crippen LogP contribution in [0.25, 0.3) is 16.6 Å². The highest BCUT2D eigenvalue weighted by Gasteiger charge is 2.42. The molecule has 1 aromatic heterocycles. The molecule has 8 nitrogen and oxygen atoms in total. The third-order valence-corrected chi connectivity index (χ3v) is 8.67. The zero-order valence-corrected chi connectivity index (χ0v) is 24.7. The van der Waals surface area contributed by atoms with E-state index in [1.165, 1.54) is 13.2 Å². The van der Waals surface area contributed by atoms with Crippen molar-refractivity contribution in [2.24, 2.45) is 0 Å². The third kappa shape index (κ3) is 5.15. The standard InChI is InChI=1S/C33H31ClFN3O5/c1-33(25-8-7-22(34)17-26(25)35)42-29-5-3-4-24(31(29)43-33)20-10-13-37(14-11-20)19-30-36-27-9-6-21(32(39)40-2)16-28(27)38(30)18-23-12-15-41-23/h3-10,16-17,23H,11-15,18-19H2,1-2H3/t23-,33-/m0/s1. The summed E-state index contributed by atoms with van der Waals surface area (Å²) in [4.78, 5) is 19.5. The van der Waals surface area contributed by atoms with Gasteiger partial charge in [-0.3, -0.25) is 4.90 Å². The van der Waals surface area contributed by atoms with E-state index < -0.39 is 11.6 Å². The summed E-state index contributed by atoms with van der Waals surface area (Å²) in [5, 5.41) is 0.316. The van der Waals surface area contributed by atoms with Crippen LogP contribution in [0.3, 0.4) is 0 Å². The molecule has 3 aliphatic heterocycles. The molecule has 10 heteroatoms. The Kier molecular flexibility index (Phi) is 7.12. The summed E-state index contributed by atoms with van der Waals surface area (Å²) in [7, 11) is 1.39. The number of fused-ring (bicyclic) bond motifs is 2. The summed E-state index contributed by atoms with van der Waals surface area (Å²) in [6.07, 6.45) is 4.14. The van der Waals surface area contributed by atoms with E-state index in [2.05, 4.69) is 15.5 Å². The van der Waals surface area contributed by atoms with Crippen molar-refractivity contribution in [2.45, 2.75) is 44.7 Å². The lowest BCUT2D eigenvalue weighted by Gasteiger charge is -2.29. The Morgan fingerprint density at radius 2 is 2.05 bits per heavy atom. The van der Waals surface area contributed by atoms with E-state index in [-0.39, 0.29) is 17.6 Å². The number of methoxy groups -OCH3 is 1. The Hall–Kier alpha value is -3.92. The SMILES string of the molecule is COC(=O)c1ccc2nc(CN3CC=C(c4cccc5c4O[C@@](C)(c4ccc(Cl)cc4F)O5)CC3)n(C[C@@H]3CCO3)c2c1. The molecule has 7 rings (SSSR count). The van der Waals surface area contributed by atoms with Crippen LogP contribution in [-0.4, -0.2) is 53.3 Å². The van der Waals surface area contributed by atoms with Crippen molar-refractivity contribution in [1.82, 2.24) is 14.5 Å². The molecule has 43 heavy (non-hydrogen) atoms. The molecule has 4 aromatic rings. The maximum absolute atomic E-state index is 14.8. The number of benzene rings is 3. The molecule has 0 radical (unpaired) electrons. The summed E-state index contributed by atoms with van der Waals surface area (Å²) in [5.74, 6) is -0.0228. The molecule has 3 aromatic carbocycles. The predicted octanol–water partition coefficient (Wildman–Crippen LogP) is 6.34. The van der Waals surface area contributed by atoms with Crippen LogP contribution in [0.5, 0.6) is 11.5 Å². The lowest BCUT2D eigenvalue weighted by atomic mass is 9.98. The summed E-state index contributed by atoms with van der Waals surface area (Å²) >= 11 is 5.97. The van der Waals surface area contributed by atoms with E-state index >= 15 is 0 Å². The Morgan fingerprint density at radius 3 is 2.77 bits per heavy atom. The predicted molar refractivity (Wildman–Crippen MR) is 160 cm³/mol. The molecule has 1 fully saturated rings. The monoisotopic (exact) mass is 603 g/mol. The Labute approximate surface area is 253 Å². The number of hydrogen-bond acceptors (Lipinski definition) is 7. The number of imidazole rings is 1. The normalized spacial score (nSPS) is 21.5. The zero-order chi connectivity index (χ0) is 29.7. The lowest BCUT2D eigenvalue weighted by molar-refractivity contribution is -0.0708. The van der Waals surface area contributed by atoms with Crippen LogP contribution in [0.4, 0.5) is 4.39 Å². The molecule has 0 saturated carbocycles. The minimum atomic E-state index is -1.30. The van der Waals surface area contributed by atoms with Crippen molar-refractivity contribution in [3.05, 3.63) is 94.0 Å². The number of ether oxygens (including phenoxy) is 4. The summed E-state index contributed by atoms with van der Waals surface area (Å²) < 4.78 is 40.2. The molecular weight excluding hydrogens is 573 g/mol. The van der Waals surface area contributed by atoms with Crippen LogP contribution in [0.15, 0.2) is 60.7 Å². The van der Waals surface area contributed by atoms with Crippen LogP contribution in [0.2, 0.25) is 5.02 Å². The number of aromatic nitrogens is 2. The van der Waals surface area contributed by atoms with Crippen LogP contribution in [0, 0.1) is 5.82 Å². The Bertz CT molecular complexity index is 1770. The second-order valence-corrected chi connectivity index (χ2v) is 11.7. The number of nitrogens with zero attached hydrogens (tertiary/aromatic N) is 3. The van der Waals surface area contributed by atoms with Crippen LogP contribution in [-0.2, 0) is 28.4 Å². The number of halogens is 2. The number of carbonyl (C=O) groups is 1. The maximum Gasteiger partial charge on any atom is 0.337 e. The molecule has 4 heterocycles. The van der Waals surface area contributed by atoms with Gasteiger partial charge in [-0.05, 0) is 60.9 Å². The molecule has 222 valence electrons. The van der Waals surface area contributed by atoms with Gasteiger partial charge >= 0.3 is 5.97 Å². The van der Waals surface area contributed by atoms with Gasteiger partial charge in [0.25, 0.3) is 5.79 Å². The molecule has 0 amide bonds. The van der Waals surface area contributed by atoms with E-state index in [9.17, 15) is 9.18 Å². The van der Waals surface area contributed by atoms with Gasteiger partial charge in [0, 0.05) is 37.2 Å². The Balaban J connectivity index is 1.12. The summed E-state index contributed by atoms with van der Waals surface area (Å²) in [6, 6.07) is 15.8. The fourth-order valence-corrected chi connectivity index (χ4v) is 6.18. The van der Waals surface area contributed by atoms with Crippen molar-refractivity contribution in [2.75, 3.05) is 26.8 Å². The third-order valence-electron chi connectivity index (χ3n) is 8.43. The van der Waals surface area contributed by atoms with Gasteiger partial charge in [0.15, 0.2) is 11.5 Å². The highest BCUT2D eigenvalue weighted by atomic mass is 35.5. The van der Waals surface area contributed by atoms with E-state index in [0.717, 1.165) is 60.5 Å². The summed E-state index contributed by atoms with van der Waals surface area (Å²) in [5.41, 5.74) is 4.62. The van der Waals surface area contributed by atoms with E-state index in [1.54, 1.807) is 25.1 Å². The number of hydrogen-bond donors (Lipinski definition) is 0. The first-order valence-electron chi connectivity index (χ1n) is 14.4. The maximum atomic E-state index is 14.8. The first kappa shape index (κ1) is 27.9. The van der Waals surface area contributed by atoms with Crippen molar-refractivity contribution in [3.63, 3.8) is 0 Å². The largest absolute Gasteiger partial charge is 0.465 e. The average Bonchev–Trinajstić information content (AvgIpc) is 3.51. The van der Waals surface area contributed by atoms with Gasteiger partial charge < -0.3 is 23.5 Å². The molecule has 0 spiro atoms. The Morgan fingerprint density at radius 1 is 1.19 bits per heavy atom. The number of carbonyl (C=O) groups excluding carboxylic acids is 1. The minimum Gasteiger partial charge on any atom is -0.465 e. The van der Waals surface area contributed by atoms with E-state index in [4.69, 9.17) is 35.5 Å². The fourth-order valence-electron chi connectivity index (χ4n) is 6.02. The highest BCUT2D eigenvalue weighted by Crippen LogP contribution is 2.49. The number of para-hydroxylation sites is 1. The van der Waals surface area contributed by atoms with Crippen LogP contribution in [0.1, 0.15) is 47.1 Å². The molecule has 0 unspecified atom stereocenters. The van der Waals surface area contributed by atoms with Crippen LogP contribution >= 0.6 is 11.6 Å². The first-order chi connectivity index (χ1) is 20.8. The minimum absolute atomic E-state index is 0.139. The van der Waals surface area contributed by atoms with Gasteiger partial charge in [-0.15, -0.1) is 0 Å². The molecule has 0 N–H and O–H groups in total. The van der Waals surface area contributed by atoms with Crippen molar-refractivity contribution in [1.29, 1.82) is 0 Å². The summed E-state index contributed by atoms with van der Waals surface area (Å²) in [6.45, 7) is 5.36. The molecule has 3 aliphatic rings. The van der Waals surface area contributed by atoms with Crippen molar-refractivity contribution in [3.8, 4) is 11.5 Å². The number of rotatable bonds is 7. The topological polar surface area (TPSA) is 75.0 Å². The average molecular weight is 604 g/mol. The van der Waals surface area contributed by atoms with E-state index in [1.807, 2.05) is 30.3 Å².